The summed E-state index contributed by atoms with van der Waals surface area (Å²) in [5, 5.41) is 2.41. The summed E-state index contributed by atoms with van der Waals surface area (Å²) in [6.45, 7) is 0. The molecule has 0 saturated carbocycles. The van der Waals surface area contributed by atoms with Crippen molar-refractivity contribution in [2.24, 2.45) is 0 Å². The maximum Gasteiger partial charge on any atom is 0.123 e. The summed E-state index contributed by atoms with van der Waals surface area (Å²) in [5.41, 5.74) is 2.27. The third-order valence-electron chi connectivity index (χ3n) is 3.71. The molecule has 2 heteroatoms. The highest BCUT2D eigenvalue weighted by Crippen LogP contribution is 2.32. The number of hydrogen-bond donors (Lipinski definition) is 0. The summed E-state index contributed by atoms with van der Waals surface area (Å²) < 4.78 is 5.39. The van der Waals surface area contributed by atoms with Crippen LogP contribution in [0.2, 0.25) is 0 Å². The second-order valence-corrected chi connectivity index (χ2v) is 5.62. The van der Waals surface area contributed by atoms with Crippen molar-refractivity contribution in [2.75, 3.05) is 7.11 Å². The number of ether oxygens (including phenoxy) is 1. The van der Waals surface area contributed by atoms with E-state index >= 15 is 0 Å². The summed E-state index contributed by atoms with van der Waals surface area (Å²) in [6, 6.07) is 22.8. The molecule has 0 amide bonds. The van der Waals surface area contributed by atoms with Crippen LogP contribution in [0.4, 0.5) is 0 Å². The number of fused-ring (bicyclic) bond motifs is 1. The Labute approximate surface area is 130 Å². The predicted molar refractivity (Wildman–Crippen MR) is 89.2 cm³/mol. The maximum absolute atomic E-state index is 6.60. The molecule has 0 radical (unpaired) electrons. The zero-order chi connectivity index (χ0) is 14.7. The number of alkyl halides is 1. The molecular weight excluding hydrogens is 280 g/mol. The number of para-hydroxylation sites is 1. The van der Waals surface area contributed by atoms with Crippen molar-refractivity contribution in [3.63, 3.8) is 0 Å². The third-order valence-corrected chi connectivity index (χ3v) is 4.09. The topological polar surface area (TPSA) is 9.23 Å². The van der Waals surface area contributed by atoms with Gasteiger partial charge in [0.05, 0.1) is 12.5 Å². The average Bonchev–Trinajstić information content (AvgIpc) is 2.54. The summed E-state index contributed by atoms with van der Waals surface area (Å²) in [4.78, 5) is 0. The highest BCUT2D eigenvalue weighted by molar-refractivity contribution is 6.21. The minimum atomic E-state index is -0.0951. The van der Waals surface area contributed by atoms with Crippen LogP contribution in [0.3, 0.4) is 0 Å². The van der Waals surface area contributed by atoms with Gasteiger partial charge in [0.2, 0.25) is 0 Å². The number of methoxy groups -OCH3 is 1. The molecule has 3 rings (SSSR count). The van der Waals surface area contributed by atoms with Gasteiger partial charge in [-0.1, -0.05) is 60.7 Å². The summed E-state index contributed by atoms with van der Waals surface area (Å²) >= 11 is 6.60. The van der Waals surface area contributed by atoms with E-state index < -0.39 is 0 Å². The highest BCUT2D eigenvalue weighted by Gasteiger charge is 2.13. The first kappa shape index (κ1) is 14.0. The first-order chi connectivity index (χ1) is 10.3. The molecule has 0 heterocycles. The van der Waals surface area contributed by atoms with Crippen LogP contribution in [0.15, 0.2) is 66.7 Å². The lowest BCUT2D eigenvalue weighted by atomic mass is 10.0. The van der Waals surface area contributed by atoms with Crippen LogP contribution in [0.5, 0.6) is 5.75 Å². The largest absolute Gasteiger partial charge is 0.496 e. The van der Waals surface area contributed by atoms with Crippen molar-refractivity contribution >= 4 is 22.4 Å². The summed E-state index contributed by atoms with van der Waals surface area (Å²) in [6.07, 6.45) is 0.784. The van der Waals surface area contributed by atoms with Gasteiger partial charge in [-0.15, -0.1) is 11.6 Å². The lowest BCUT2D eigenvalue weighted by molar-refractivity contribution is 0.409. The Morgan fingerprint density at radius 1 is 0.905 bits per heavy atom. The molecule has 0 saturated heterocycles. The van der Waals surface area contributed by atoms with Crippen LogP contribution in [-0.4, -0.2) is 7.11 Å². The Balaban J connectivity index is 1.87. The van der Waals surface area contributed by atoms with Crippen LogP contribution in [0.1, 0.15) is 16.5 Å². The van der Waals surface area contributed by atoms with Gasteiger partial charge in [-0.2, -0.15) is 0 Å². The molecule has 0 bridgehead atoms. The van der Waals surface area contributed by atoms with Gasteiger partial charge in [-0.3, -0.25) is 0 Å². The van der Waals surface area contributed by atoms with E-state index in [0.29, 0.717) is 0 Å². The Kier molecular flexibility index (Phi) is 4.12. The standard InChI is InChI=1S/C19H17ClO/c1-21-19-9-5-4-8-17(19)18(20)13-14-10-11-15-6-2-3-7-16(15)12-14/h2-12,18H,13H2,1H3. The van der Waals surface area contributed by atoms with Gasteiger partial charge in [0.15, 0.2) is 0 Å². The zero-order valence-electron chi connectivity index (χ0n) is 11.9. The monoisotopic (exact) mass is 296 g/mol. The molecular formula is C19H17ClO. The fraction of sp³-hybridized carbons (Fsp3) is 0.158. The molecule has 0 spiro atoms. The number of halogens is 1. The maximum atomic E-state index is 6.60. The van der Waals surface area contributed by atoms with Gasteiger partial charge >= 0.3 is 0 Å². The number of benzene rings is 3. The lowest BCUT2D eigenvalue weighted by Crippen LogP contribution is -1.99. The van der Waals surface area contributed by atoms with Crippen molar-refractivity contribution in [3.05, 3.63) is 77.9 Å². The molecule has 1 nitrogen and oxygen atoms in total. The van der Waals surface area contributed by atoms with Crippen LogP contribution < -0.4 is 4.74 Å². The molecule has 3 aromatic carbocycles. The molecule has 0 aromatic heterocycles. The second-order valence-electron chi connectivity index (χ2n) is 5.10. The SMILES string of the molecule is COc1ccccc1C(Cl)Cc1ccc2ccccc2c1. The van der Waals surface area contributed by atoms with E-state index in [9.17, 15) is 0 Å². The van der Waals surface area contributed by atoms with Crippen molar-refractivity contribution in [3.8, 4) is 5.75 Å². The van der Waals surface area contributed by atoms with Crippen LogP contribution >= 0.6 is 11.6 Å². The molecule has 0 fully saturated rings. The quantitative estimate of drug-likeness (QED) is 0.588. The van der Waals surface area contributed by atoms with Gasteiger partial charge in [0.25, 0.3) is 0 Å². The van der Waals surface area contributed by atoms with Crippen LogP contribution in [0, 0.1) is 0 Å². The van der Waals surface area contributed by atoms with Gasteiger partial charge in [-0.05, 0) is 28.8 Å². The van der Waals surface area contributed by atoms with E-state index in [4.69, 9.17) is 16.3 Å². The Hall–Kier alpha value is -1.99. The van der Waals surface area contributed by atoms with Crippen LogP contribution in [0.25, 0.3) is 10.8 Å². The van der Waals surface area contributed by atoms with E-state index in [2.05, 4.69) is 42.5 Å². The fourth-order valence-electron chi connectivity index (χ4n) is 2.61. The van der Waals surface area contributed by atoms with Gasteiger partial charge in [0, 0.05) is 5.56 Å². The minimum Gasteiger partial charge on any atom is -0.496 e. The van der Waals surface area contributed by atoms with E-state index in [-0.39, 0.29) is 5.38 Å². The molecule has 1 unspecified atom stereocenters. The molecule has 0 aliphatic heterocycles. The highest BCUT2D eigenvalue weighted by atomic mass is 35.5. The second kappa shape index (κ2) is 6.19. The van der Waals surface area contributed by atoms with Crippen molar-refractivity contribution in [2.45, 2.75) is 11.8 Å². The normalized spacial score (nSPS) is 12.3. The fourth-order valence-corrected chi connectivity index (χ4v) is 2.97. The molecule has 3 aromatic rings. The molecule has 0 aliphatic carbocycles. The smallest absolute Gasteiger partial charge is 0.123 e. The lowest BCUT2D eigenvalue weighted by Gasteiger charge is -2.14. The number of hydrogen-bond acceptors (Lipinski definition) is 1. The zero-order valence-corrected chi connectivity index (χ0v) is 12.7. The van der Waals surface area contributed by atoms with Crippen molar-refractivity contribution in [1.29, 1.82) is 0 Å². The number of rotatable bonds is 4. The summed E-state index contributed by atoms with van der Waals surface area (Å²) in [5.74, 6) is 0.846. The molecule has 0 aliphatic rings. The third kappa shape index (κ3) is 3.03. The Morgan fingerprint density at radius 3 is 2.43 bits per heavy atom. The van der Waals surface area contributed by atoms with Gasteiger partial charge < -0.3 is 4.74 Å². The van der Waals surface area contributed by atoms with E-state index in [1.54, 1.807) is 7.11 Å². The van der Waals surface area contributed by atoms with Gasteiger partial charge in [0.1, 0.15) is 5.75 Å². The molecule has 1 atom stereocenters. The molecule has 106 valence electrons. The van der Waals surface area contributed by atoms with E-state index in [0.717, 1.165) is 17.7 Å². The first-order valence-electron chi connectivity index (χ1n) is 7.02. The minimum absolute atomic E-state index is 0.0951. The predicted octanol–water partition coefficient (Wildman–Crippen LogP) is 5.37. The Morgan fingerprint density at radius 2 is 1.62 bits per heavy atom. The van der Waals surface area contributed by atoms with Crippen molar-refractivity contribution in [1.82, 2.24) is 0 Å². The van der Waals surface area contributed by atoms with E-state index in [1.165, 1.54) is 16.3 Å². The summed E-state index contributed by atoms with van der Waals surface area (Å²) in [7, 11) is 1.68. The van der Waals surface area contributed by atoms with E-state index in [1.807, 2.05) is 24.3 Å². The molecule has 21 heavy (non-hydrogen) atoms. The first-order valence-corrected chi connectivity index (χ1v) is 7.46. The van der Waals surface area contributed by atoms with Crippen molar-refractivity contribution < 1.29 is 4.74 Å². The average molecular weight is 297 g/mol. The van der Waals surface area contributed by atoms with Gasteiger partial charge in [-0.25, -0.2) is 0 Å². The Bertz CT molecular complexity index is 751. The molecule has 0 N–H and O–H groups in total. The van der Waals surface area contributed by atoms with Crippen LogP contribution in [-0.2, 0) is 6.42 Å².